The Labute approximate surface area is 399 Å². The lowest BCUT2D eigenvalue weighted by Gasteiger charge is -2.18. The number of aliphatic carboxylic acids is 4. The summed E-state index contributed by atoms with van der Waals surface area (Å²) in [6.07, 6.45) is 0.205. The maximum atomic E-state index is 13.8. The first kappa shape index (κ1) is 54.6. The Bertz CT molecular complexity index is 2420. The molecule has 0 saturated carbocycles. The Balaban J connectivity index is 1.46. The molecule has 1 heterocycles. The summed E-state index contributed by atoms with van der Waals surface area (Å²) in [6.45, 7) is 3.05. The first-order valence-electron chi connectivity index (χ1n) is 21.4. The van der Waals surface area contributed by atoms with Crippen LogP contribution in [0.15, 0.2) is 72.9 Å². The average Bonchev–Trinajstić information content (AvgIpc) is 3.80. The average molecular weight is 979 g/mol. The van der Waals surface area contributed by atoms with E-state index in [1.807, 2.05) is 0 Å². The predicted octanol–water partition coefficient (Wildman–Crippen LogP) is 0.574. The number of ether oxygens (including phenoxy) is 4. The number of urea groups is 2. The first-order chi connectivity index (χ1) is 33.5. The minimum atomic E-state index is -1.58. The number of anilines is 2. The van der Waals surface area contributed by atoms with Crippen LogP contribution in [0.4, 0.5) is 21.0 Å². The Morgan fingerprint density at radius 2 is 1.06 bits per heavy atom. The second-order valence-electron chi connectivity index (χ2n) is 15.0. The number of carboxylic acid groups (broad SMARTS) is 4. The van der Waals surface area contributed by atoms with Crippen molar-refractivity contribution < 1.29 is 77.7 Å². The number of nitrogens with one attached hydrogen (secondary N) is 5. The van der Waals surface area contributed by atoms with Crippen LogP contribution in [0, 0.1) is 0 Å². The number of nitrogens with zero attached hydrogens (tertiary/aromatic N) is 3. The molecule has 70 heavy (non-hydrogen) atoms. The molecule has 13 N–H and O–H groups in total. The van der Waals surface area contributed by atoms with Crippen LogP contribution in [0.3, 0.4) is 0 Å². The highest BCUT2D eigenvalue weighted by molar-refractivity contribution is 6.09. The normalized spacial score (nSPS) is 12.2. The highest BCUT2D eigenvalue weighted by Gasteiger charge is 2.26. The van der Waals surface area contributed by atoms with Gasteiger partial charge >= 0.3 is 35.9 Å². The second-order valence-corrected chi connectivity index (χ2v) is 15.0. The van der Waals surface area contributed by atoms with Gasteiger partial charge in [-0.05, 0) is 60.0 Å². The van der Waals surface area contributed by atoms with Crippen LogP contribution in [-0.4, -0.2) is 154 Å². The minimum Gasteiger partial charge on any atom is -0.481 e. The van der Waals surface area contributed by atoms with Gasteiger partial charge in [-0.2, -0.15) is 0 Å². The number of aromatic nitrogens is 3. The summed E-state index contributed by atoms with van der Waals surface area (Å²) in [5.74, 6) is -6.84. The van der Waals surface area contributed by atoms with Crippen LogP contribution in [0.25, 0.3) is 5.69 Å². The van der Waals surface area contributed by atoms with E-state index in [1.165, 1.54) is 59.3 Å². The van der Waals surface area contributed by atoms with E-state index in [9.17, 15) is 53.7 Å². The standard InChI is InChI=1S/C44H54N10O16/c45-11-12-67-13-14-68-15-16-69-17-18-70-25-32-24-54(53-52-32)33-22-28(38(57)47-30-5-1-26(2-6-30)19-35(41(61)62)49-43(46)65)21-29(23-33)39(58)48-31-7-3-27(4-8-31)20-36(42(63)64)51-44(66)50-34(40(59)60)9-10-37(55)56/h1-8,21-24,34-36H,9-20,25,45H2,(H,47,57)(H,48,58)(H,55,56)(H,59,60)(H,61,62)(H,63,64)(H3,46,49,65)(H2,50,51,66)/t34-,35-,36-/m0/s1. The van der Waals surface area contributed by atoms with Crippen LogP contribution in [0.2, 0.25) is 0 Å². The van der Waals surface area contributed by atoms with E-state index in [0.717, 1.165) is 0 Å². The number of primary amides is 1. The van der Waals surface area contributed by atoms with E-state index in [0.29, 0.717) is 62.1 Å². The topological polar surface area (TPSA) is 397 Å². The van der Waals surface area contributed by atoms with E-state index < -0.39 is 78.7 Å². The largest absolute Gasteiger partial charge is 0.481 e. The maximum absolute atomic E-state index is 13.8. The summed E-state index contributed by atoms with van der Waals surface area (Å²) in [7, 11) is 0. The third kappa shape index (κ3) is 19.3. The van der Waals surface area contributed by atoms with E-state index in [1.54, 1.807) is 18.3 Å². The van der Waals surface area contributed by atoms with Crippen LogP contribution in [-0.2, 0) is 57.6 Å². The fraction of sp³-hybridized carbons (Fsp3) is 0.364. The molecule has 0 spiro atoms. The SMILES string of the molecule is NCCOCCOCCOCCOCc1cn(-c2cc(C(=O)Nc3ccc(C[C@H](NC(N)=O)C(=O)O)cc3)cc(C(=O)Nc3ccc(C[C@H](NC(=O)N[C@@H](CCC(=O)O)C(=O)O)C(=O)O)cc3)c2)nn1. The summed E-state index contributed by atoms with van der Waals surface area (Å²) < 4.78 is 23.2. The zero-order valence-electron chi connectivity index (χ0n) is 37.5. The van der Waals surface area contributed by atoms with Crippen LogP contribution < -0.4 is 38.1 Å². The Morgan fingerprint density at radius 1 is 0.600 bits per heavy atom. The van der Waals surface area contributed by atoms with Gasteiger partial charge in [-0.3, -0.25) is 14.4 Å². The van der Waals surface area contributed by atoms with Crippen molar-refractivity contribution in [1.29, 1.82) is 0 Å². The third-order valence-electron chi connectivity index (χ3n) is 9.65. The van der Waals surface area contributed by atoms with Gasteiger partial charge in [-0.15, -0.1) is 5.10 Å². The summed E-state index contributed by atoms with van der Waals surface area (Å²) in [5.41, 5.74) is 12.6. The first-order valence-corrected chi connectivity index (χ1v) is 21.4. The van der Waals surface area contributed by atoms with Crippen LogP contribution >= 0.6 is 0 Å². The second kappa shape index (κ2) is 28.3. The van der Waals surface area contributed by atoms with Crippen molar-refractivity contribution in [2.24, 2.45) is 11.5 Å². The molecule has 3 aromatic carbocycles. The molecule has 0 fully saturated rings. The number of nitrogens with two attached hydrogens (primary N) is 2. The van der Waals surface area contributed by atoms with Gasteiger partial charge in [0.15, 0.2) is 0 Å². The molecule has 0 bridgehead atoms. The van der Waals surface area contributed by atoms with Crippen molar-refractivity contribution in [3.63, 3.8) is 0 Å². The summed E-state index contributed by atoms with van der Waals surface area (Å²) >= 11 is 0. The summed E-state index contributed by atoms with van der Waals surface area (Å²) in [4.78, 5) is 97.2. The number of carbonyl (C=O) groups is 8. The summed E-state index contributed by atoms with van der Waals surface area (Å²) in [6, 6.07) is 9.75. The number of hydrogen-bond acceptors (Lipinski definition) is 15. The molecule has 4 aromatic rings. The molecule has 3 atom stereocenters. The fourth-order valence-electron chi connectivity index (χ4n) is 6.20. The van der Waals surface area contributed by atoms with E-state index in [-0.39, 0.29) is 55.2 Å². The Morgan fingerprint density at radius 3 is 1.51 bits per heavy atom. The zero-order chi connectivity index (χ0) is 51.0. The molecule has 0 aliphatic heterocycles. The van der Waals surface area contributed by atoms with Gasteiger partial charge in [0, 0.05) is 48.3 Å². The van der Waals surface area contributed by atoms with Gasteiger partial charge < -0.3 is 77.4 Å². The molecule has 6 amide bonds. The monoisotopic (exact) mass is 978 g/mol. The predicted molar refractivity (Wildman–Crippen MR) is 244 cm³/mol. The van der Waals surface area contributed by atoms with E-state index in [2.05, 4.69) is 36.9 Å². The van der Waals surface area contributed by atoms with Crippen molar-refractivity contribution in [3.05, 3.63) is 101 Å². The highest BCUT2D eigenvalue weighted by atomic mass is 16.6. The van der Waals surface area contributed by atoms with Gasteiger partial charge in [0.2, 0.25) is 0 Å². The molecule has 4 rings (SSSR count). The number of rotatable bonds is 31. The van der Waals surface area contributed by atoms with Gasteiger partial charge in [0.05, 0.1) is 64.7 Å². The molecule has 0 aliphatic carbocycles. The molecule has 0 aliphatic rings. The smallest absolute Gasteiger partial charge is 0.326 e. The van der Waals surface area contributed by atoms with Crippen molar-refractivity contribution in [1.82, 2.24) is 30.9 Å². The van der Waals surface area contributed by atoms with Gasteiger partial charge in [-0.25, -0.2) is 28.7 Å². The van der Waals surface area contributed by atoms with Crippen LogP contribution in [0.1, 0.15) is 50.4 Å². The number of benzene rings is 3. The van der Waals surface area contributed by atoms with E-state index >= 15 is 0 Å². The molecule has 1 aromatic heterocycles. The van der Waals surface area contributed by atoms with Crippen molar-refractivity contribution in [2.75, 3.05) is 63.4 Å². The number of carbonyl (C=O) groups excluding carboxylic acids is 4. The van der Waals surface area contributed by atoms with Crippen molar-refractivity contribution in [3.8, 4) is 5.69 Å². The number of hydrogen-bond donors (Lipinski definition) is 11. The van der Waals surface area contributed by atoms with Gasteiger partial charge in [0.25, 0.3) is 11.8 Å². The number of amides is 6. The molecule has 0 unspecified atom stereocenters. The Kier molecular flexibility index (Phi) is 22.1. The molecular formula is C44H54N10O16. The lowest BCUT2D eigenvalue weighted by atomic mass is 10.0. The summed E-state index contributed by atoms with van der Waals surface area (Å²) in [5, 5.41) is 57.5. The number of carboxylic acids is 4. The lowest BCUT2D eigenvalue weighted by Crippen LogP contribution is -2.51. The third-order valence-corrected chi connectivity index (χ3v) is 9.65. The molecule has 376 valence electrons. The van der Waals surface area contributed by atoms with Gasteiger partial charge in [-0.1, -0.05) is 29.5 Å². The molecular weight excluding hydrogens is 925 g/mol. The van der Waals surface area contributed by atoms with Gasteiger partial charge in [0.1, 0.15) is 23.8 Å². The molecule has 26 heteroatoms. The molecule has 26 nitrogen and oxygen atoms in total. The van der Waals surface area contributed by atoms with E-state index in [4.69, 9.17) is 35.5 Å². The minimum absolute atomic E-state index is 0.00502. The molecule has 0 radical (unpaired) electrons. The van der Waals surface area contributed by atoms with Crippen LogP contribution in [0.5, 0.6) is 0 Å². The quantitative estimate of drug-likeness (QED) is 0.0307. The van der Waals surface area contributed by atoms with Crippen molar-refractivity contribution in [2.45, 2.75) is 50.4 Å². The molecule has 0 saturated heterocycles. The van der Waals surface area contributed by atoms with Crippen molar-refractivity contribution >= 4 is 59.1 Å². The zero-order valence-corrected chi connectivity index (χ0v) is 37.5. The maximum Gasteiger partial charge on any atom is 0.326 e. The lowest BCUT2D eigenvalue weighted by molar-refractivity contribution is -0.141. The highest BCUT2D eigenvalue weighted by Crippen LogP contribution is 2.20. The fourth-order valence-corrected chi connectivity index (χ4v) is 6.20. The Hall–Kier alpha value is -8.04.